The summed E-state index contributed by atoms with van der Waals surface area (Å²) < 4.78 is 27.5. The summed E-state index contributed by atoms with van der Waals surface area (Å²) in [7, 11) is -3.77. The number of nitrogens with zero attached hydrogens (tertiary/aromatic N) is 2. The normalized spacial score (nSPS) is 16.1. The predicted molar refractivity (Wildman–Crippen MR) is 144 cm³/mol. The molecule has 3 aromatic carbocycles. The summed E-state index contributed by atoms with van der Waals surface area (Å²) in [5, 5.41) is 11.9. The molecule has 2 N–H and O–H groups in total. The van der Waals surface area contributed by atoms with E-state index in [-0.39, 0.29) is 12.5 Å². The van der Waals surface area contributed by atoms with E-state index in [9.17, 15) is 18.0 Å². The van der Waals surface area contributed by atoms with Crippen LogP contribution in [0.1, 0.15) is 41.0 Å². The Hall–Kier alpha value is -4.00. The van der Waals surface area contributed by atoms with E-state index in [0.29, 0.717) is 24.9 Å². The second-order valence-corrected chi connectivity index (χ2v) is 11.2. The number of likely N-dealkylation sites (tertiary alicyclic amines) is 1. The molecule has 0 saturated carbocycles. The second-order valence-electron chi connectivity index (χ2n) is 9.38. The molecule has 3 aromatic rings. The highest BCUT2D eigenvalue weighted by Crippen LogP contribution is 2.31. The molecule has 1 aliphatic rings. The topological polar surface area (TPSA) is 119 Å². The van der Waals surface area contributed by atoms with Crippen LogP contribution in [-0.4, -0.2) is 50.0 Å². The maximum absolute atomic E-state index is 14.1. The minimum absolute atomic E-state index is 0.255. The van der Waals surface area contributed by atoms with Crippen molar-refractivity contribution in [1.82, 2.24) is 14.9 Å². The molecule has 196 valence electrons. The van der Waals surface area contributed by atoms with Gasteiger partial charge in [0.05, 0.1) is 17.9 Å². The summed E-state index contributed by atoms with van der Waals surface area (Å²) in [6.07, 6.45) is 2.15. The summed E-state index contributed by atoms with van der Waals surface area (Å²) >= 11 is 0. The van der Waals surface area contributed by atoms with Crippen LogP contribution < -0.4 is 10.0 Å². The van der Waals surface area contributed by atoms with Gasteiger partial charge >= 0.3 is 0 Å². The van der Waals surface area contributed by atoms with Gasteiger partial charge in [-0.05, 0) is 41.7 Å². The number of nitrogens with one attached hydrogen (secondary N) is 2. The minimum Gasteiger partial charge on any atom is -0.350 e. The van der Waals surface area contributed by atoms with Crippen molar-refractivity contribution in [3.63, 3.8) is 0 Å². The van der Waals surface area contributed by atoms with E-state index in [4.69, 9.17) is 5.26 Å². The molecule has 1 aliphatic heterocycles. The number of amides is 2. The van der Waals surface area contributed by atoms with Gasteiger partial charge in [0.25, 0.3) is 0 Å². The van der Waals surface area contributed by atoms with Gasteiger partial charge in [0, 0.05) is 19.0 Å². The Bertz CT molecular complexity index is 1360. The minimum atomic E-state index is -3.77. The SMILES string of the molecule is CS(=O)(=O)N[C@@H](C(=O)N1CCC[C@H]1C(=O)NCc1ccc(C#N)cc1)C(c1ccccc1)c1ccccc1. The summed E-state index contributed by atoms with van der Waals surface area (Å²) in [5.74, 6) is -1.33. The van der Waals surface area contributed by atoms with Crippen molar-refractivity contribution >= 4 is 21.8 Å². The first-order valence-electron chi connectivity index (χ1n) is 12.4. The lowest BCUT2D eigenvalue weighted by Gasteiger charge is -2.33. The monoisotopic (exact) mass is 530 g/mol. The van der Waals surface area contributed by atoms with Crippen LogP contribution in [0.3, 0.4) is 0 Å². The second kappa shape index (κ2) is 12.0. The lowest BCUT2D eigenvalue weighted by molar-refractivity contribution is -0.140. The molecule has 8 nitrogen and oxygen atoms in total. The Kier molecular flexibility index (Phi) is 8.56. The first-order valence-corrected chi connectivity index (χ1v) is 14.3. The highest BCUT2D eigenvalue weighted by Gasteiger charge is 2.41. The third-order valence-corrected chi connectivity index (χ3v) is 7.33. The molecule has 9 heteroatoms. The van der Waals surface area contributed by atoms with Crippen LogP contribution in [0.5, 0.6) is 0 Å². The molecule has 2 atom stereocenters. The highest BCUT2D eigenvalue weighted by atomic mass is 32.2. The van der Waals surface area contributed by atoms with E-state index in [0.717, 1.165) is 22.9 Å². The largest absolute Gasteiger partial charge is 0.350 e. The maximum atomic E-state index is 14.1. The summed E-state index contributed by atoms with van der Waals surface area (Å²) in [4.78, 5) is 28.7. The zero-order chi connectivity index (χ0) is 27.1. The fourth-order valence-corrected chi connectivity index (χ4v) is 5.57. The Morgan fingerprint density at radius 2 is 1.55 bits per heavy atom. The summed E-state index contributed by atoms with van der Waals surface area (Å²) in [6, 6.07) is 25.7. The van der Waals surface area contributed by atoms with Gasteiger partial charge in [-0.25, -0.2) is 13.1 Å². The van der Waals surface area contributed by atoms with Crippen molar-refractivity contribution < 1.29 is 18.0 Å². The quantitative estimate of drug-likeness (QED) is 0.441. The van der Waals surface area contributed by atoms with Crippen molar-refractivity contribution in [2.75, 3.05) is 12.8 Å². The first-order chi connectivity index (χ1) is 18.3. The predicted octanol–water partition coefficient (Wildman–Crippen LogP) is 2.92. The van der Waals surface area contributed by atoms with Crippen molar-refractivity contribution in [3.8, 4) is 6.07 Å². The number of carbonyl (C=O) groups is 2. The lowest BCUT2D eigenvalue weighted by atomic mass is 9.84. The number of hydrogen-bond acceptors (Lipinski definition) is 5. The Morgan fingerprint density at radius 3 is 2.08 bits per heavy atom. The standard InChI is InChI=1S/C29H30N4O4S/c1-38(36,37)32-27(26(23-9-4-2-5-10-23)24-11-6-3-7-12-24)29(35)33-18-8-13-25(33)28(34)31-20-22-16-14-21(19-30)15-17-22/h2-7,9-12,14-17,25-27,32H,8,13,18,20H2,1H3,(H,31,34)/t25-,27+/m0/s1. The van der Waals surface area contributed by atoms with Crippen molar-refractivity contribution in [2.24, 2.45) is 0 Å². The molecule has 0 aliphatic carbocycles. The van der Waals surface area contributed by atoms with Gasteiger partial charge in [-0.3, -0.25) is 9.59 Å². The average Bonchev–Trinajstić information content (AvgIpc) is 3.42. The molecule has 1 fully saturated rings. The number of nitriles is 1. The molecular formula is C29H30N4O4S. The Morgan fingerprint density at radius 1 is 0.974 bits per heavy atom. The van der Waals surface area contributed by atoms with Gasteiger partial charge in [0.1, 0.15) is 12.1 Å². The number of sulfonamides is 1. The zero-order valence-corrected chi connectivity index (χ0v) is 21.9. The fraction of sp³-hybridized carbons (Fsp3) is 0.276. The van der Waals surface area contributed by atoms with Crippen LogP contribution in [0.2, 0.25) is 0 Å². The molecule has 0 aromatic heterocycles. The van der Waals surface area contributed by atoms with Crippen molar-refractivity contribution in [3.05, 3.63) is 107 Å². The smallest absolute Gasteiger partial charge is 0.243 e. The van der Waals surface area contributed by atoms with E-state index in [1.54, 1.807) is 24.3 Å². The molecule has 0 radical (unpaired) electrons. The summed E-state index contributed by atoms with van der Waals surface area (Å²) in [5.41, 5.74) is 2.94. The molecule has 1 saturated heterocycles. The van der Waals surface area contributed by atoms with Crippen LogP contribution in [0.15, 0.2) is 84.9 Å². The average molecular weight is 531 g/mol. The molecule has 1 heterocycles. The van der Waals surface area contributed by atoms with Crippen molar-refractivity contribution in [2.45, 2.75) is 37.4 Å². The maximum Gasteiger partial charge on any atom is 0.243 e. The third kappa shape index (κ3) is 6.65. The van der Waals surface area contributed by atoms with Gasteiger partial charge in [-0.15, -0.1) is 0 Å². The number of carbonyl (C=O) groups excluding carboxylic acids is 2. The number of benzene rings is 3. The third-order valence-electron chi connectivity index (χ3n) is 6.65. The molecular weight excluding hydrogens is 500 g/mol. The molecule has 4 rings (SSSR count). The van der Waals surface area contributed by atoms with Crippen LogP contribution in [0.25, 0.3) is 0 Å². The van der Waals surface area contributed by atoms with E-state index in [2.05, 4.69) is 16.1 Å². The molecule has 0 bridgehead atoms. The highest BCUT2D eigenvalue weighted by molar-refractivity contribution is 7.88. The molecule has 38 heavy (non-hydrogen) atoms. The van der Waals surface area contributed by atoms with E-state index >= 15 is 0 Å². The number of hydrogen-bond donors (Lipinski definition) is 2. The summed E-state index contributed by atoms with van der Waals surface area (Å²) in [6.45, 7) is 0.608. The molecule has 0 unspecified atom stereocenters. The van der Waals surface area contributed by atoms with Crippen LogP contribution in [-0.2, 0) is 26.2 Å². The van der Waals surface area contributed by atoms with Gasteiger partial charge < -0.3 is 10.2 Å². The van der Waals surface area contributed by atoms with Crippen molar-refractivity contribution in [1.29, 1.82) is 5.26 Å². The van der Waals surface area contributed by atoms with E-state index < -0.39 is 33.9 Å². The van der Waals surface area contributed by atoms with Crippen LogP contribution in [0.4, 0.5) is 0 Å². The van der Waals surface area contributed by atoms with Gasteiger partial charge in [0.15, 0.2) is 0 Å². The first kappa shape index (κ1) is 27.0. The Labute approximate surface area is 223 Å². The van der Waals surface area contributed by atoms with Gasteiger partial charge in [-0.2, -0.15) is 5.26 Å². The fourth-order valence-electron chi connectivity index (χ4n) is 4.88. The van der Waals surface area contributed by atoms with Crippen LogP contribution >= 0.6 is 0 Å². The zero-order valence-electron chi connectivity index (χ0n) is 21.1. The van der Waals surface area contributed by atoms with Gasteiger partial charge in [0.2, 0.25) is 21.8 Å². The van der Waals surface area contributed by atoms with Gasteiger partial charge in [-0.1, -0.05) is 72.8 Å². The lowest BCUT2D eigenvalue weighted by Crippen LogP contribution is -2.55. The number of rotatable bonds is 9. The van der Waals surface area contributed by atoms with E-state index in [1.165, 1.54) is 4.90 Å². The molecule has 2 amide bonds. The Balaban J connectivity index is 1.61. The molecule has 0 spiro atoms. The van der Waals surface area contributed by atoms with E-state index in [1.807, 2.05) is 60.7 Å². The van der Waals surface area contributed by atoms with Crippen LogP contribution in [0, 0.1) is 11.3 Å².